The van der Waals surface area contributed by atoms with Crippen molar-refractivity contribution in [2.45, 2.75) is 51.2 Å². The van der Waals surface area contributed by atoms with Crippen molar-refractivity contribution in [1.82, 2.24) is 4.90 Å². The van der Waals surface area contributed by atoms with Crippen molar-refractivity contribution in [3.63, 3.8) is 0 Å². The lowest BCUT2D eigenvalue weighted by Gasteiger charge is -2.30. The summed E-state index contributed by atoms with van der Waals surface area (Å²) >= 11 is 0. The molecule has 2 aliphatic rings. The summed E-state index contributed by atoms with van der Waals surface area (Å²) in [6.45, 7) is 4.28. The molecule has 5 nitrogen and oxygen atoms in total. The molecule has 0 spiro atoms. The van der Waals surface area contributed by atoms with Crippen LogP contribution in [0, 0.1) is 6.92 Å². The van der Waals surface area contributed by atoms with Crippen LogP contribution in [0.5, 0.6) is 5.75 Å². The molecule has 2 atom stereocenters. The van der Waals surface area contributed by atoms with Crippen molar-refractivity contribution in [3.8, 4) is 5.75 Å². The SMILES string of the molecule is COc1ccc(C)cc1NCCC(=O)N1CCCO[C@@H]2CCC[C@H]21. The molecule has 1 heterocycles. The van der Waals surface area contributed by atoms with Gasteiger partial charge < -0.3 is 19.7 Å². The Hall–Kier alpha value is -1.75. The lowest BCUT2D eigenvalue weighted by Crippen LogP contribution is -2.44. The molecule has 2 fully saturated rings. The van der Waals surface area contributed by atoms with Gasteiger partial charge in [0, 0.05) is 26.1 Å². The van der Waals surface area contributed by atoms with Gasteiger partial charge in [-0.05, 0) is 50.3 Å². The maximum Gasteiger partial charge on any atom is 0.224 e. The zero-order valence-electron chi connectivity index (χ0n) is 14.7. The monoisotopic (exact) mass is 332 g/mol. The van der Waals surface area contributed by atoms with Gasteiger partial charge in [0.1, 0.15) is 5.75 Å². The number of carbonyl (C=O) groups excluding carboxylic acids is 1. The molecule has 0 aromatic heterocycles. The van der Waals surface area contributed by atoms with Crippen LogP contribution in [0.1, 0.15) is 37.7 Å². The first-order valence-electron chi connectivity index (χ1n) is 8.98. The largest absolute Gasteiger partial charge is 0.495 e. The number of hydrogen-bond donors (Lipinski definition) is 1. The Kier molecular flexibility index (Phi) is 5.61. The fourth-order valence-corrected chi connectivity index (χ4v) is 3.81. The lowest BCUT2D eigenvalue weighted by molar-refractivity contribution is -0.134. The molecule has 0 unspecified atom stereocenters. The first-order valence-corrected chi connectivity index (χ1v) is 8.98. The Balaban J connectivity index is 1.56. The summed E-state index contributed by atoms with van der Waals surface area (Å²) in [4.78, 5) is 14.8. The predicted molar refractivity (Wildman–Crippen MR) is 94.5 cm³/mol. The van der Waals surface area contributed by atoms with Gasteiger partial charge in [-0.15, -0.1) is 0 Å². The second-order valence-electron chi connectivity index (χ2n) is 6.73. The number of fused-ring (bicyclic) bond motifs is 1. The molecule has 1 aliphatic heterocycles. The van der Waals surface area contributed by atoms with E-state index in [2.05, 4.69) is 16.3 Å². The van der Waals surface area contributed by atoms with Crippen LogP contribution < -0.4 is 10.1 Å². The number of amides is 1. The number of nitrogens with zero attached hydrogens (tertiary/aromatic N) is 1. The molecule has 1 N–H and O–H groups in total. The Morgan fingerprint density at radius 1 is 1.38 bits per heavy atom. The van der Waals surface area contributed by atoms with Crippen LogP contribution in [0.2, 0.25) is 0 Å². The molecule has 1 saturated carbocycles. The maximum atomic E-state index is 12.7. The predicted octanol–water partition coefficient (Wildman–Crippen LogP) is 2.98. The quantitative estimate of drug-likeness (QED) is 0.901. The normalized spacial score (nSPS) is 23.5. The van der Waals surface area contributed by atoms with Crippen molar-refractivity contribution >= 4 is 11.6 Å². The maximum absolute atomic E-state index is 12.7. The van der Waals surface area contributed by atoms with E-state index in [9.17, 15) is 4.79 Å². The first kappa shape index (κ1) is 17.1. The van der Waals surface area contributed by atoms with Crippen molar-refractivity contribution in [3.05, 3.63) is 23.8 Å². The minimum absolute atomic E-state index is 0.233. The number of hydrogen-bond acceptors (Lipinski definition) is 4. The number of nitrogens with one attached hydrogen (secondary N) is 1. The topological polar surface area (TPSA) is 50.8 Å². The molecule has 1 aromatic carbocycles. The van der Waals surface area contributed by atoms with Crippen LogP contribution >= 0.6 is 0 Å². The minimum Gasteiger partial charge on any atom is -0.495 e. The number of methoxy groups -OCH3 is 1. The number of ether oxygens (including phenoxy) is 2. The highest BCUT2D eigenvalue weighted by Crippen LogP contribution is 2.30. The van der Waals surface area contributed by atoms with E-state index < -0.39 is 0 Å². The van der Waals surface area contributed by atoms with E-state index in [1.807, 2.05) is 19.1 Å². The van der Waals surface area contributed by atoms with E-state index in [4.69, 9.17) is 9.47 Å². The number of rotatable bonds is 5. The molecule has 1 saturated heterocycles. The van der Waals surface area contributed by atoms with E-state index in [1.54, 1.807) is 7.11 Å². The molecule has 0 bridgehead atoms. The Bertz CT molecular complexity index is 576. The van der Waals surface area contributed by atoms with Crippen molar-refractivity contribution in [2.75, 3.05) is 32.1 Å². The van der Waals surface area contributed by atoms with Gasteiger partial charge in [-0.25, -0.2) is 0 Å². The molecule has 5 heteroatoms. The van der Waals surface area contributed by atoms with Gasteiger partial charge >= 0.3 is 0 Å². The number of anilines is 1. The molecule has 3 rings (SSSR count). The number of carbonyl (C=O) groups is 1. The second-order valence-corrected chi connectivity index (χ2v) is 6.73. The van der Waals surface area contributed by atoms with Crippen LogP contribution in [0.15, 0.2) is 18.2 Å². The highest BCUT2D eigenvalue weighted by molar-refractivity contribution is 5.77. The lowest BCUT2D eigenvalue weighted by atomic mass is 10.1. The van der Waals surface area contributed by atoms with Crippen LogP contribution in [-0.2, 0) is 9.53 Å². The zero-order chi connectivity index (χ0) is 16.9. The van der Waals surface area contributed by atoms with Crippen LogP contribution in [0.25, 0.3) is 0 Å². The number of aryl methyl sites for hydroxylation is 1. The van der Waals surface area contributed by atoms with E-state index in [-0.39, 0.29) is 18.1 Å². The van der Waals surface area contributed by atoms with Gasteiger partial charge in [0.15, 0.2) is 0 Å². The summed E-state index contributed by atoms with van der Waals surface area (Å²) in [6, 6.07) is 6.31. The third-order valence-corrected chi connectivity index (χ3v) is 5.02. The summed E-state index contributed by atoms with van der Waals surface area (Å²) in [7, 11) is 1.67. The van der Waals surface area contributed by atoms with Crippen molar-refractivity contribution in [1.29, 1.82) is 0 Å². The summed E-state index contributed by atoms with van der Waals surface area (Å²) in [5.74, 6) is 1.04. The average molecular weight is 332 g/mol. The summed E-state index contributed by atoms with van der Waals surface area (Å²) in [5, 5.41) is 3.35. The van der Waals surface area contributed by atoms with Gasteiger partial charge in [0.2, 0.25) is 5.91 Å². The Labute approximate surface area is 144 Å². The standard InChI is InChI=1S/C19H28N2O3/c1-14-7-8-17(23-2)15(13-14)20-10-9-19(22)21-11-4-12-24-18-6-3-5-16(18)21/h7-8,13,16,18,20H,3-6,9-12H2,1-2H3/t16-,18-/m1/s1. The van der Waals surface area contributed by atoms with E-state index in [1.165, 1.54) is 5.56 Å². The van der Waals surface area contributed by atoms with Crippen molar-refractivity contribution in [2.24, 2.45) is 0 Å². The van der Waals surface area contributed by atoms with Gasteiger partial charge in [0.25, 0.3) is 0 Å². The Morgan fingerprint density at radius 3 is 3.08 bits per heavy atom. The van der Waals surface area contributed by atoms with E-state index in [0.717, 1.165) is 50.3 Å². The average Bonchev–Trinajstić information content (AvgIpc) is 2.94. The van der Waals surface area contributed by atoms with Gasteiger partial charge in [-0.3, -0.25) is 4.79 Å². The molecule has 132 valence electrons. The fourth-order valence-electron chi connectivity index (χ4n) is 3.81. The van der Waals surface area contributed by atoms with Gasteiger partial charge in [-0.2, -0.15) is 0 Å². The van der Waals surface area contributed by atoms with E-state index >= 15 is 0 Å². The van der Waals surface area contributed by atoms with Gasteiger partial charge in [0.05, 0.1) is 24.9 Å². The molecule has 0 radical (unpaired) electrons. The highest BCUT2D eigenvalue weighted by Gasteiger charge is 2.36. The number of benzene rings is 1. The fraction of sp³-hybridized carbons (Fsp3) is 0.632. The van der Waals surface area contributed by atoms with Crippen LogP contribution in [-0.4, -0.2) is 49.8 Å². The second kappa shape index (κ2) is 7.88. The summed E-state index contributed by atoms with van der Waals surface area (Å²) in [6.07, 6.45) is 5.03. The summed E-state index contributed by atoms with van der Waals surface area (Å²) < 4.78 is 11.3. The zero-order valence-corrected chi connectivity index (χ0v) is 14.7. The molecular formula is C19H28N2O3. The van der Waals surface area contributed by atoms with Crippen LogP contribution in [0.3, 0.4) is 0 Å². The van der Waals surface area contributed by atoms with Gasteiger partial charge in [-0.1, -0.05) is 6.07 Å². The third kappa shape index (κ3) is 3.83. The van der Waals surface area contributed by atoms with Crippen LogP contribution in [0.4, 0.5) is 5.69 Å². The molecule has 1 aromatic rings. The van der Waals surface area contributed by atoms with Crippen molar-refractivity contribution < 1.29 is 14.3 Å². The van der Waals surface area contributed by atoms with E-state index in [0.29, 0.717) is 13.0 Å². The smallest absolute Gasteiger partial charge is 0.224 e. The Morgan fingerprint density at radius 2 is 2.25 bits per heavy atom. The first-order chi connectivity index (χ1) is 11.7. The molecular weight excluding hydrogens is 304 g/mol. The molecule has 1 aliphatic carbocycles. The third-order valence-electron chi connectivity index (χ3n) is 5.02. The summed E-state index contributed by atoms with van der Waals surface area (Å²) in [5.41, 5.74) is 2.12. The minimum atomic E-state index is 0.233. The highest BCUT2D eigenvalue weighted by atomic mass is 16.5. The molecule has 1 amide bonds. The molecule has 24 heavy (non-hydrogen) atoms.